The number of hydrogen-bond donors (Lipinski definition) is 3. The molecule has 2 unspecified atom stereocenters. The van der Waals surface area contributed by atoms with Crippen LogP contribution in [0.3, 0.4) is 0 Å². The molecule has 0 spiro atoms. The van der Waals surface area contributed by atoms with E-state index in [2.05, 4.69) is 20.5 Å². The lowest BCUT2D eigenvalue weighted by Crippen LogP contribution is -2.58. The van der Waals surface area contributed by atoms with Crippen molar-refractivity contribution >= 4 is 39.4 Å². The SMILES string of the molecule is O=C(CC1CC1)N[C@H]1CCCCC/C=C\C2CC2(C(=O)NS(=O)(=O)C2CC2)NC(=O)[C@@H]2C[C@@H](ON=C3c4ccccc4-c4ccccc43)CN2C1=O. The molecule has 4 fully saturated rings. The van der Waals surface area contributed by atoms with E-state index in [-0.39, 0.29) is 31.2 Å². The van der Waals surface area contributed by atoms with Crippen molar-refractivity contribution < 1.29 is 32.4 Å². The van der Waals surface area contributed by atoms with Crippen molar-refractivity contribution in [3.05, 3.63) is 71.8 Å². The van der Waals surface area contributed by atoms with Crippen molar-refractivity contribution in [1.82, 2.24) is 20.3 Å². The fraction of sp³-hybridized carbons (Fsp3) is 0.513. The first kappa shape index (κ1) is 34.6. The summed E-state index contributed by atoms with van der Waals surface area (Å²) >= 11 is 0. The van der Waals surface area contributed by atoms with Crippen molar-refractivity contribution in [2.75, 3.05) is 6.54 Å². The van der Waals surface area contributed by atoms with E-state index in [4.69, 9.17) is 4.84 Å². The highest BCUT2D eigenvalue weighted by atomic mass is 32.2. The van der Waals surface area contributed by atoms with Crippen molar-refractivity contribution in [2.45, 2.75) is 106 Å². The van der Waals surface area contributed by atoms with E-state index < -0.39 is 56.7 Å². The van der Waals surface area contributed by atoms with Crippen LogP contribution in [0.25, 0.3) is 11.1 Å². The molecule has 4 amide bonds. The fourth-order valence-corrected chi connectivity index (χ4v) is 9.26. The zero-order chi connectivity index (χ0) is 36.0. The number of hydrogen-bond acceptors (Lipinski definition) is 8. The zero-order valence-electron chi connectivity index (χ0n) is 29.1. The lowest BCUT2D eigenvalue weighted by atomic mass is 10.0. The molecule has 6 aliphatic rings. The minimum Gasteiger partial charge on any atom is -0.390 e. The van der Waals surface area contributed by atoms with E-state index in [0.717, 1.165) is 54.4 Å². The average Bonchev–Trinajstić information content (AvgIpc) is 4.07. The van der Waals surface area contributed by atoms with Crippen LogP contribution in [0.15, 0.2) is 65.8 Å². The quantitative estimate of drug-likeness (QED) is 0.236. The van der Waals surface area contributed by atoms with Crippen LogP contribution in [0.2, 0.25) is 0 Å². The Morgan fingerprint density at radius 3 is 2.29 bits per heavy atom. The molecule has 0 aromatic heterocycles. The molecule has 2 heterocycles. The fourth-order valence-electron chi connectivity index (χ4n) is 7.90. The number of oxime groups is 1. The molecule has 2 aromatic carbocycles. The van der Waals surface area contributed by atoms with Gasteiger partial charge in [-0.05, 0) is 68.4 Å². The third-order valence-electron chi connectivity index (χ3n) is 11.3. The van der Waals surface area contributed by atoms with Gasteiger partial charge < -0.3 is 20.4 Å². The van der Waals surface area contributed by atoms with Gasteiger partial charge in [0, 0.05) is 29.9 Å². The molecule has 0 radical (unpaired) electrons. The molecule has 0 bridgehead atoms. The van der Waals surface area contributed by atoms with E-state index in [1.807, 2.05) is 60.7 Å². The second-order valence-electron chi connectivity index (χ2n) is 15.3. The number of amides is 4. The standard InChI is InChI=1S/C39H45N5O7S/c45-34(20-24-16-17-24)40-32-15-5-3-1-2-4-10-25-22-39(25,38(48)43-52(49,50)27-18-19-27)41-36(46)33-21-26(23-44(33)37(32)47)51-42-35-30-13-8-6-11-28(30)29-12-7-9-14-31(29)35/h4,6-14,24-27,32-33H,1-3,5,15-23H2,(H,40,45)(H,41,46)(H,43,48)/b10-4-/t25?,26-,32+,33+,39?/m1/s1. The Bertz CT molecular complexity index is 1910. The number of carbonyl (C=O) groups excluding carboxylic acids is 4. The number of benzene rings is 2. The van der Waals surface area contributed by atoms with Crippen molar-refractivity contribution in [1.29, 1.82) is 0 Å². The van der Waals surface area contributed by atoms with Crippen LogP contribution in [0.1, 0.15) is 88.2 Å². The van der Waals surface area contributed by atoms with E-state index in [1.165, 1.54) is 4.90 Å². The van der Waals surface area contributed by atoms with E-state index in [9.17, 15) is 27.6 Å². The first-order chi connectivity index (χ1) is 25.1. The third-order valence-corrected chi connectivity index (χ3v) is 13.1. The number of rotatable bonds is 8. The molecule has 2 aliphatic heterocycles. The van der Waals surface area contributed by atoms with Crippen LogP contribution >= 0.6 is 0 Å². The van der Waals surface area contributed by atoms with Gasteiger partial charge in [-0.15, -0.1) is 0 Å². The maximum Gasteiger partial charge on any atom is 0.259 e. The van der Waals surface area contributed by atoms with Crippen LogP contribution in [0, 0.1) is 11.8 Å². The summed E-state index contributed by atoms with van der Waals surface area (Å²) in [6.45, 7) is 0.0462. The molecule has 1 saturated heterocycles. The number of allylic oxidation sites excluding steroid dienone is 1. The Balaban J connectivity index is 1.08. The summed E-state index contributed by atoms with van der Waals surface area (Å²) in [5.41, 5.74) is 3.13. The monoisotopic (exact) mass is 727 g/mol. The molecular formula is C39H45N5O7S. The molecule has 12 nitrogen and oxygen atoms in total. The average molecular weight is 728 g/mol. The van der Waals surface area contributed by atoms with Gasteiger partial charge in [-0.2, -0.15) is 0 Å². The van der Waals surface area contributed by atoms with E-state index >= 15 is 0 Å². The lowest BCUT2D eigenvalue weighted by Gasteiger charge is -2.30. The van der Waals surface area contributed by atoms with Crippen molar-refractivity contribution in [2.24, 2.45) is 17.0 Å². The van der Waals surface area contributed by atoms with Crippen LogP contribution in [0.5, 0.6) is 0 Å². The van der Waals surface area contributed by atoms with Gasteiger partial charge in [-0.1, -0.05) is 78.7 Å². The summed E-state index contributed by atoms with van der Waals surface area (Å²) in [5, 5.41) is 9.90. The minimum atomic E-state index is -3.86. The Morgan fingerprint density at radius 2 is 1.62 bits per heavy atom. The number of carbonyl (C=O) groups is 4. The molecule has 3 N–H and O–H groups in total. The second kappa shape index (κ2) is 13.8. The predicted molar refractivity (Wildman–Crippen MR) is 193 cm³/mol. The third kappa shape index (κ3) is 6.99. The largest absolute Gasteiger partial charge is 0.390 e. The van der Waals surface area contributed by atoms with Gasteiger partial charge in [0.25, 0.3) is 5.91 Å². The molecule has 3 saturated carbocycles. The Kier molecular flexibility index (Phi) is 9.17. The van der Waals surface area contributed by atoms with Crippen molar-refractivity contribution in [3.63, 3.8) is 0 Å². The highest BCUT2D eigenvalue weighted by Gasteiger charge is 2.62. The lowest BCUT2D eigenvalue weighted by molar-refractivity contribution is -0.142. The molecule has 5 atom stereocenters. The van der Waals surface area contributed by atoms with Gasteiger partial charge in [-0.25, -0.2) is 8.42 Å². The van der Waals surface area contributed by atoms with Gasteiger partial charge in [0.15, 0.2) is 0 Å². The normalized spacial score (nSPS) is 29.2. The first-order valence-electron chi connectivity index (χ1n) is 18.7. The summed E-state index contributed by atoms with van der Waals surface area (Å²) in [4.78, 5) is 63.1. The van der Waals surface area contributed by atoms with Gasteiger partial charge in [-0.3, -0.25) is 23.9 Å². The van der Waals surface area contributed by atoms with Crippen LogP contribution < -0.4 is 15.4 Å². The molecule has 4 aliphatic carbocycles. The molecular weight excluding hydrogens is 683 g/mol. The number of nitrogens with zero attached hydrogens (tertiary/aromatic N) is 2. The summed E-state index contributed by atoms with van der Waals surface area (Å²) < 4.78 is 27.9. The van der Waals surface area contributed by atoms with Gasteiger partial charge in [0.1, 0.15) is 29.4 Å². The van der Waals surface area contributed by atoms with E-state index in [1.54, 1.807) is 0 Å². The highest BCUT2D eigenvalue weighted by molar-refractivity contribution is 7.91. The summed E-state index contributed by atoms with van der Waals surface area (Å²) in [6, 6.07) is 14.0. The Morgan fingerprint density at radius 1 is 0.923 bits per heavy atom. The van der Waals surface area contributed by atoms with Crippen LogP contribution in [0.4, 0.5) is 0 Å². The predicted octanol–water partition coefficient (Wildman–Crippen LogP) is 3.69. The number of fused-ring (bicyclic) bond motifs is 5. The molecule has 274 valence electrons. The maximum atomic E-state index is 14.4. The first-order valence-corrected chi connectivity index (χ1v) is 20.2. The highest BCUT2D eigenvalue weighted by Crippen LogP contribution is 2.46. The Hall–Kier alpha value is -4.52. The smallest absolute Gasteiger partial charge is 0.259 e. The minimum absolute atomic E-state index is 0.0462. The van der Waals surface area contributed by atoms with Crippen LogP contribution in [-0.4, -0.2) is 78.2 Å². The maximum absolute atomic E-state index is 14.4. The summed E-state index contributed by atoms with van der Waals surface area (Å²) in [5.74, 6) is -1.93. The summed E-state index contributed by atoms with van der Waals surface area (Å²) in [7, 11) is -3.86. The van der Waals surface area contributed by atoms with Gasteiger partial charge in [0.05, 0.1) is 11.8 Å². The van der Waals surface area contributed by atoms with Gasteiger partial charge in [0.2, 0.25) is 27.7 Å². The second-order valence-corrected chi connectivity index (χ2v) is 17.2. The molecule has 13 heteroatoms. The van der Waals surface area contributed by atoms with Crippen molar-refractivity contribution in [3.8, 4) is 11.1 Å². The van der Waals surface area contributed by atoms with Gasteiger partial charge >= 0.3 is 0 Å². The molecule has 2 aromatic rings. The zero-order valence-corrected chi connectivity index (χ0v) is 29.9. The number of sulfonamides is 1. The summed E-state index contributed by atoms with van der Waals surface area (Å²) in [6.07, 6.45) is 10.4. The topological polar surface area (TPSA) is 163 Å². The van der Waals surface area contributed by atoms with E-state index in [0.29, 0.717) is 43.7 Å². The number of nitrogens with one attached hydrogen (secondary N) is 3. The van der Waals surface area contributed by atoms with Crippen LogP contribution in [-0.2, 0) is 34.0 Å². The Labute approximate surface area is 303 Å². The molecule has 52 heavy (non-hydrogen) atoms. The molecule has 8 rings (SSSR count).